The van der Waals surface area contributed by atoms with Crippen LogP contribution in [0, 0.1) is 0 Å². The van der Waals surface area contributed by atoms with E-state index in [2.05, 4.69) is 20.8 Å². The molecule has 0 bridgehead atoms. The molecule has 1 amide bonds. The molecule has 21 heavy (non-hydrogen) atoms. The Labute approximate surface area is 128 Å². The number of carbonyl (C=O) groups excluding carboxylic acids is 1. The number of nitrogens with zero attached hydrogens (tertiary/aromatic N) is 5. The molecule has 2 rings (SSSR count). The molecule has 8 nitrogen and oxygen atoms in total. The Morgan fingerprint density at radius 2 is 2.33 bits per heavy atom. The number of rotatable bonds is 10. The van der Waals surface area contributed by atoms with Crippen molar-refractivity contribution >= 4 is 17.7 Å². The molecular weight excluding hydrogens is 292 g/mol. The number of carbonyl (C=O) groups is 1. The van der Waals surface area contributed by atoms with Crippen molar-refractivity contribution in [3.05, 3.63) is 0 Å². The van der Waals surface area contributed by atoms with Crippen LogP contribution in [0.15, 0.2) is 5.16 Å². The third-order valence-corrected chi connectivity index (χ3v) is 4.24. The monoisotopic (exact) mass is 314 g/mol. The zero-order valence-corrected chi connectivity index (χ0v) is 13.3. The van der Waals surface area contributed by atoms with Crippen molar-refractivity contribution in [2.75, 3.05) is 39.6 Å². The summed E-state index contributed by atoms with van der Waals surface area (Å²) in [5.74, 6) is 0.514. The van der Waals surface area contributed by atoms with Gasteiger partial charge in [-0.1, -0.05) is 11.8 Å². The highest BCUT2D eigenvalue weighted by atomic mass is 32.2. The lowest BCUT2D eigenvalue weighted by atomic mass is 10.5. The van der Waals surface area contributed by atoms with Gasteiger partial charge in [0, 0.05) is 33.3 Å². The first kappa shape index (κ1) is 16.2. The first-order valence-electron chi connectivity index (χ1n) is 7.06. The summed E-state index contributed by atoms with van der Waals surface area (Å²) >= 11 is 1.39. The molecule has 1 aromatic rings. The number of tetrazole rings is 1. The molecule has 1 fully saturated rings. The average molecular weight is 314 g/mol. The van der Waals surface area contributed by atoms with E-state index >= 15 is 0 Å². The van der Waals surface area contributed by atoms with Gasteiger partial charge in [-0.05, 0) is 23.3 Å². The summed E-state index contributed by atoms with van der Waals surface area (Å²) in [4.78, 5) is 13.8. The molecule has 1 heterocycles. The second kappa shape index (κ2) is 8.30. The van der Waals surface area contributed by atoms with E-state index in [4.69, 9.17) is 4.74 Å². The van der Waals surface area contributed by atoms with E-state index in [0.717, 1.165) is 25.9 Å². The van der Waals surface area contributed by atoms with Crippen molar-refractivity contribution in [2.45, 2.75) is 30.6 Å². The van der Waals surface area contributed by atoms with Crippen molar-refractivity contribution in [3.63, 3.8) is 0 Å². The predicted octanol–water partition coefficient (Wildman–Crippen LogP) is -0.378. The van der Waals surface area contributed by atoms with Gasteiger partial charge in [-0.25, -0.2) is 4.68 Å². The summed E-state index contributed by atoms with van der Waals surface area (Å²) < 4.78 is 6.68. The molecule has 0 aromatic carbocycles. The molecule has 0 unspecified atom stereocenters. The van der Waals surface area contributed by atoms with Gasteiger partial charge in [-0.15, -0.1) is 5.10 Å². The molecule has 118 valence electrons. The minimum absolute atomic E-state index is 0.135. The number of thioether (sulfide) groups is 1. The van der Waals surface area contributed by atoms with Crippen LogP contribution in [0.25, 0.3) is 0 Å². The Kier molecular flexibility index (Phi) is 6.40. The minimum Gasteiger partial charge on any atom is -0.383 e. The number of hydrogen-bond acceptors (Lipinski definition) is 7. The molecule has 9 heteroatoms. The quantitative estimate of drug-likeness (QED) is 0.465. The van der Waals surface area contributed by atoms with Gasteiger partial charge in [0.15, 0.2) is 0 Å². The maximum atomic E-state index is 12.0. The Balaban J connectivity index is 1.70. The van der Waals surface area contributed by atoms with Gasteiger partial charge < -0.3 is 15.0 Å². The van der Waals surface area contributed by atoms with Crippen LogP contribution in [0.5, 0.6) is 0 Å². The number of hydrogen-bond donors (Lipinski definition) is 1. The van der Waals surface area contributed by atoms with Crippen molar-refractivity contribution in [2.24, 2.45) is 0 Å². The topological polar surface area (TPSA) is 85.2 Å². The van der Waals surface area contributed by atoms with Crippen LogP contribution in [0.2, 0.25) is 0 Å². The standard InChI is InChI=1S/C12H22N6O2S/c1-17(10-3-4-10)11(19)9-21-12-14-15-16-18(12)7-5-13-6-8-20-2/h10,13H,3-9H2,1-2H3. The molecule has 1 aromatic heterocycles. The number of aromatic nitrogens is 4. The average Bonchev–Trinajstić information content (AvgIpc) is 3.24. The third-order valence-electron chi connectivity index (χ3n) is 3.30. The minimum atomic E-state index is 0.135. The fourth-order valence-corrected chi connectivity index (χ4v) is 2.65. The predicted molar refractivity (Wildman–Crippen MR) is 79.1 cm³/mol. The summed E-state index contributed by atoms with van der Waals surface area (Å²) in [6.07, 6.45) is 2.25. The van der Waals surface area contributed by atoms with Crippen molar-refractivity contribution in [3.8, 4) is 0 Å². The van der Waals surface area contributed by atoms with Gasteiger partial charge in [0.1, 0.15) is 0 Å². The van der Waals surface area contributed by atoms with Crippen LogP contribution < -0.4 is 5.32 Å². The van der Waals surface area contributed by atoms with Crippen LogP contribution in [-0.4, -0.2) is 76.7 Å². The van der Waals surface area contributed by atoms with E-state index in [0.29, 0.717) is 30.1 Å². The summed E-state index contributed by atoms with van der Waals surface area (Å²) in [6, 6.07) is 0.444. The zero-order chi connectivity index (χ0) is 15.1. The molecular formula is C12H22N6O2S. The van der Waals surface area contributed by atoms with E-state index in [-0.39, 0.29) is 5.91 Å². The second-order valence-electron chi connectivity index (χ2n) is 4.95. The van der Waals surface area contributed by atoms with Gasteiger partial charge in [-0.3, -0.25) is 4.79 Å². The van der Waals surface area contributed by atoms with E-state index < -0.39 is 0 Å². The summed E-state index contributed by atoms with van der Waals surface area (Å²) in [5.41, 5.74) is 0. The fourth-order valence-electron chi connectivity index (χ4n) is 1.82. The zero-order valence-electron chi connectivity index (χ0n) is 12.5. The van der Waals surface area contributed by atoms with Gasteiger partial charge in [0.2, 0.25) is 11.1 Å². The van der Waals surface area contributed by atoms with Crippen molar-refractivity contribution in [1.29, 1.82) is 0 Å². The largest absolute Gasteiger partial charge is 0.383 e. The molecule has 0 aliphatic heterocycles. The Morgan fingerprint density at radius 1 is 1.52 bits per heavy atom. The number of methoxy groups -OCH3 is 1. The summed E-state index contributed by atoms with van der Waals surface area (Å²) in [7, 11) is 3.54. The van der Waals surface area contributed by atoms with Crippen LogP contribution in [0.4, 0.5) is 0 Å². The number of amides is 1. The molecule has 1 aliphatic carbocycles. The summed E-state index contributed by atoms with van der Waals surface area (Å²) in [5, 5.41) is 15.5. The van der Waals surface area contributed by atoms with E-state index in [9.17, 15) is 4.79 Å². The van der Waals surface area contributed by atoms with Crippen LogP contribution >= 0.6 is 11.8 Å². The second-order valence-corrected chi connectivity index (χ2v) is 5.89. The van der Waals surface area contributed by atoms with Gasteiger partial charge >= 0.3 is 0 Å². The highest BCUT2D eigenvalue weighted by Gasteiger charge is 2.29. The molecule has 0 spiro atoms. The van der Waals surface area contributed by atoms with Gasteiger partial charge in [-0.2, -0.15) is 0 Å². The first-order chi connectivity index (χ1) is 10.2. The van der Waals surface area contributed by atoms with Gasteiger partial charge in [0.05, 0.1) is 18.9 Å². The van der Waals surface area contributed by atoms with E-state index in [1.165, 1.54) is 11.8 Å². The lowest BCUT2D eigenvalue weighted by Crippen LogP contribution is -2.30. The molecule has 1 aliphatic rings. The molecule has 0 atom stereocenters. The number of ether oxygens (including phenoxy) is 1. The van der Waals surface area contributed by atoms with Crippen LogP contribution in [0.3, 0.4) is 0 Å². The maximum Gasteiger partial charge on any atom is 0.233 e. The van der Waals surface area contributed by atoms with Crippen molar-refractivity contribution in [1.82, 2.24) is 30.4 Å². The summed E-state index contributed by atoms with van der Waals surface area (Å²) in [6.45, 7) is 2.91. The van der Waals surface area contributed by atoms with Gasteiger partial charge in [0.25, 0.3) is 0 Å². The Morgan fingerprint density at radius 3 is 3.05 bits per heavy atom. The van der Waals surface area contributed by atoms with Crippen molar-refractivity contribution < 1.29 is 9.53 Å². The van der Waals surface area contributed by atoms with E-state index in [1.807, 2.05) is 11.9 Å². The highest BCUT2D eigenvalue weighted by Crippen LogP contribution is 2.26. The lowest BCUT2D eigenvalue weighted by Gasteiger charge is -2.15. The molecule has 0 saturated heterocycles. The SMILES string of the molecule is COCCNCCn1nnnc1SCC(=O)N(C)C1CC1. The Hall–Kier alpha value is -1.19. The van der Waals surface area contributed by atoms with Crippen LogP contribution in [0.1, 0.15) is 12.8 Å². The highest BCUT2D eigenvalue weighted by molar-refractivity contribution is 7.99. The Bertz CT molecular complexity index is 451. The molecule has 0 radical (unpaired) electrons. The molecule has 1 saturated carbocycles. The normalized spacial score (nSPS) is 14.4. The smallest absolute Gasteiger partial charge is 0.233 e. The first-order valence-corrected chi connectivity index (χ1v) is 8.05. The molecule has 1 N–H and O–H groups in total. The van der Waals surface area contributed by atoms with Crippen LogP contribution in [-0.2, 0) is 16.1 Å². The number of nitrogens with one attached hydrogen (secondary N) is 1. The maximum absolute atomic E-state index is 12.0. The fraction of sp³-hybridized carbons (Fsp3) is 0.833. The van der Waals surface area contributed by atoms with E-state index in [1.54, 1.807) is 11.8 Å². The third kappa shape index (κ3) is 5.25. The lowest BCUT2D eigenvalue weighted by molar-refractivity contribution is -0.127.